The molecule has 0 aliphatic rings. The number of nitrogens with zero attached hydrogens (tertiary/aromatic N) is 2. The molecular weight excluding hydrogens is 170 g/mol. The largest absolute Gasteiger partial charge is 0.493 e. The smallest absolute Gasteiger partial charge is 0.186 e. The highest BCUT2D eigenvalue weighted by Gasteiger charge is 2.12. The number of methoxy groups -OCH3 is 1. The Morgan fingerprint density at radius 1 is 1.69 bits per heavy atom. The van der Waals surface area contributed by atoms with Gasteiger partial charge in [-0.3, -0.25) is 4.79 Å². The van der Waals surface area contributed by atoms with Crippen LogP contribution in [-0.4, -0.2) is 29.4 Å². The lowest BCUT2D eigenvalue weighted by Crippen LogP contribution is -2.11. The van der Waals surface area contributed by atoms with E-state index in [1.165, 1.54) is 19.6 Å². The van der Waals surface area contributed by atoms with Gasteiger partial charge in [-0.2, -0.15) is 0 Å². The summed E-state index contributed by atoms with van der Waals surface area (Å²) in [6.45, 7) is 0.311. The number of ketones is 1. The molecule has 1 heterocycles. The molecule has 2 N–H and O–H groups in total. The maximum Gasteiger partial charge on any atom is 0.186 e. The van der Waals surface area contributed by atoms with E-state index in [2.05, 4.69) is 9.97 Å². The van der Waals surface area contributed by atoms with E-state index >= 15 is 0 Å². The van der Waals surface area contributed by atoms with Crippen LogP contribution < -0.4 is 10.5 Å². The third kappa shape index (κ3) is 2.22. The minimum absolute atomic E-state index is 0.123. The van der Waals surface area contributed by atoms with E-state index in [0.29, 0.717) is 18.0 Å². The number of carbonyl (C=O) groups is 1. The fraction of sp³-hybridized carbons (Fsp3) is 0.375. The summed E-state index contributed by atoms with van der Waals surface area (Å²) in [6.07, 6.45) is 3.04. The SMILES string of the molecule is COc1cncnc1C(=O)CCN. The second-order valence-electron chi connectivity index (χ2n) is 2.40. The number of hydrogen-bond acceptors (Lipinski definition) is 5. The van der Waals surface area contributed by atoms with Gasteiger partial charge in [-0.05, 0) is 6.54 Å². The van der Waals surface area contributed by atoms with Crippen molar-refractivity contribution in [3.8, 4) is 5.75 Å². The van der Waals surface area contributed by atoms with Gasteiger partial charge in [0.15, 0.2) is 17.2 Å². The third-order valence-corrected chi connectivity index (χ3v) is 1.53. The zero-order valence-electron chi connectivity index (χ0n) is 7.36. The van der Waals surface area contributed by atoms with Gasteiger partial charge >= 0.3 is 0 Å². The lowest BCUT2D eigenvalue weighted by Gasteiger charge is -2.03. The maximum absolute atomic E-state index is 11.4. The average Bonchev–Trinajstić information content (AvgIpc) is 2.18. The second kappa shape index (κ2) is 4.51. The first-order valence-electron chi connectivity index (χ1n) is 3.87. The summed E-state index contributed by atoms with van der Waals surface area (Å²) in [7, 11) is 1.47. The Labute approximate surface area is 75.9 Å². The Morgan fingerprint density at radius 2 is 2.46 bits per heavy atom. The highest BCUT2D eigenvalue weighted by Crippen LogP contribution is 2.14. The first kappa shape index (κ1) is 9.60. The van der Waals surface area contributed by atoms with Crippen molar-refractivity contribution in [1.29, 1.82) is 0 Å². The number of carbonyl (C=O) groups excluding carboxylic acids is 1. The number of rotatable bonds is 4. The Balaban J connectivity index is 2.92. The van der Waals surface area contributed by atoms with Crippen LogP contribution in [0.2, 0.25) is 0 Å². The molecule has 0 radical (unpaired) electrons. The lowest BCUT2D eigenvalue weighted by molar-refractivity contribution is 0.0977. The van der Waals surface area contributed by atoms with Crippen LogP contribution in [0.25, 0.3) is 0 Å². The van der Waals surface area contributed by atoms with Gasteiger partial charge in [0.2, 0.25) is 0 Å². The summed E-state index contributed by atoms with van der Waals surface area (Å²) in [6, 6.07) is 0. The van der Waals surface area contributed by atoms with Gasteiger partial charge in [0, 0.05) is 6.42 Å². The quantitative estimate of drug-likeness (QED) is 0.662. The molecule has 0 saturated heterocycles. The topological polar surface area (TPSA) is 78.1 Å². The summed E-state index contributed by atoms with van der Waals surface area (Å²) in [4.78, 5) is 18.9. The first-order chi connectivity index (χ1) is 6.29. The highest BCUT2D eigenvalue weighted by atomic mass is 16.5. The Kier molecular flexibility index (Phi) is 3.33. The molecule has 0 aromatic carbocycles. The molecule has 0 fully saturated rings. The van der Waals surface area contributed by atoms with Gasteiger partial charge in [-0.1, -0.05) is 0 Å². The molecule has 1 aromatic rings. The minimum Gasteiger partial charge on any atom is -0.493 e. The zero-order valence-corrected chi connectivity index (χ0v) is 7.36. The molecule has 0 bridgehead atoms. The molecule has 5 nitrogen and oxygen atoms in total. The van der Waals surface area contributed by atoms with Gasteiger partial charge in [-0.15, -0.1) is 0 Å². The molecule has 0 unspecified atom stereocenters. The predicted octanol–water partition coefficient (Wildman–Crippen LogP) is 0.0167. The van der Waals surface area contributed by atoms with Crippen LogP contribution in [0.5, 0.6) is 5.75 Å². The Morgan fingerprint density at radius 3 is 3.08 bits per heavy atom. The fourth-order valence-corrected chi connectivity index (χ4v) is 0.925. The Hall–Kier alpha value is -1.49. The van der Waals surface area contributed by atoms with Crippen molar-refractivity contribution < 1.29 is 9.53 Å². The van der Waals surface area contributed by atoms with Gasteiger partial charge in [0.1, 0.15) is 6.33 Å². The minimum atomic E-state index is -0.123. The molecule has 0 aliphatic carbocycles. The predicted molar refractivity (Wildman–Crippen MR) is 46.6 cm³/mol. The van der Waals surface area contributed by atoms with Crippen molar-refractivity contribution in [2.45, 2.75) is 6.42 Å². The van der Waals surface area contributed by atoms with Gasteiger partial charge < -0.3 is 10.5 Å². The van der Waals surface area contributed by atoms with Gasteiger partial charge in [-0.25, -0.2) is 9.97 Å². The van der Waals surface area contributed by atoms with Crippen LogP contribution in [0.3, 0.4) is 0 Å². The van der Waals surface area contributed by atoms with E-state index in [1.807, 2.05) is 0 Å². The molecule has 0 atom stereocenters. The van der Waals surface area contributed by atoms with E-state index in [4.69, 9.17) is 10.5 Å². The van der Waals surface area contributed by atoms with Crippen LogP contribution in [0.1, 0.15) is 16.9 Å². The zero-order chi connectivity index (χ0) is 9.68. The van der Waals surface area contributed by atoms with Crippen molar-refractivity contribution in [3.05, 3.63) is 18.2 Å². The number of hydrogen-bond donors (Lipinski definition) is 1. The normalized spacial score (nSPS) is 9.69. The standard InChI is InChI=1S/C8H11N3O2/c1-13-7-4-10-5-11-8(7)6(12)2-3-9/h4-5H,2-3,9H2,1H3. The monoisotopic (exact) mass is 181 g/mol. The molecule has 1 rings (SSSR count). The summed E-state index contributed by atoms with van der Waals surface area (Å²) < 4.78 is 4.93. The second-order valence-corrected chi connectivity index (χ2v) is 2.40. The van der Waals surface area contributed by atoms with Crippen LogP contribution in [0.15, 0.2) is 12.5 Å². The summed E-state index contributed by atoms with van der Waals surface area (Å²) in [5, 5.41) is 0. The van der Waals surface area contributed by atoms with Crippen LogP contribution in [-0.2, 0) is 0 Å². The van der Waals surface area contributed by atoms with E-state index in [1.54, 1.807) is 0 Å². The maximum atomic E-state index is 11.4. The lowest BCUT2D eigenvalue weighted by atomic mass is 10.2. The van der Waals surface area contributed by atoms with E-state index in [9.17, 15) is 4.79 Å². The highest BCUT2D eigenvalue weighted by molar-refractivity contribution is 5.96. The molecule has 0 amide bonds. The molecule has 0 saturated carbocycles. The molecule has 5 heteroatoms. The number of nitrogens with two attached hydrogens (primary N) is 1. The van der Waals surface area contributed by atoms with Crippen molar-refractivity contribution in [1.82, 2.24) is 9.97 Å². The van der Waals surface area contributed by atoms with Crippen molar-refractivity contribution in [3.63, 3.8) is 0 Å². The number of Topliss-reactive ketones (excluding diaryl/α,β-unsaturated/α-hetero) is 1. The molecule has 70 valence electrons. The van der Waals surface area contributed by atoms with Crippen molar-refractivity contribution >= 4 is 5.78 Å². The van der Waals surface area contributed by atoms with Crippen LogP contribution in [0.4, 0.5) is 0 Å². The molecule has 0 spiro atoms. The van der Waals surface area contributed by atoms with Gasteiger partial charge in [0.25, 0.3) is 0 Å². The first-order valence-corrected chi connectivity index (χ1v) is 3.87. The third-order valence-electron chi connectivity index (χ3n) is 1.53. The van der Waals surface area contributed by atoms with Crippen LogP contribution in [0, 0.1) is 0 Å². The molecule has 0 aliphatic heterocycles. The summed E-state index contributed by atoms with van der Waals surface area (Å²) in [5.41, 5.74) is 5.55. The Bertz CT molecular complexity index is 301. The van der Waals surface area contributed by atoms with Crippen LogP contribution >= 0.6 is 0 Å². The van der Waals surface area contributed by atoms with E-state index in [0.717, 1.165) is 0 Å². The number of ether oxygens (including phenoxy) is 1. The van der Waals surface area contributed by atoms with Gasteiger partial charge in [0.05, 0.1) is 13.3 Å². The molecule has 1 aromatic heterocycles. The van der Waals surface area contributed by atoms with E-state index in [-0.39, 0.29) is 12.2 Å². The fourth-order valence-electron chi connectivity index (χ4n) is 0.925. The average molecular weight is 181 g/mol. The molecular formula is C8H11N3O2. The molecule has 13 heavy (non-hydrogen) atoms. The van der Waals surface area contributed by atoms with E-state index < -0.39 is 0 Å². The number of aromatic nitrogens is 2. The summed E-state index contributed by atoms with van der Waals surface area (Å²) >= 11 is 0. The summed E-state index contributed by atoms with van der Waals surface area (Å²) in [5.74, 6) is 0.266. The van der Waals surface area contributed by atoms with Crippen molar-refractivity contribution in [2.75, 3.05) is 13.7 Å². The van der Waals surface area contributed by atoms with Crippen molar-refractivity contribution in [2.24, 2.45) is 5.73 Å².